The molecule has 0 aliphatic carbocycles. The summed E-state index contributed by atoms with van der Waals surface area (Å²) in [4.78, 5) is 4.54. The number of hydrogen-bond donors (Lipinski definition) is 0. The van der Waals surface area contributed by atoms with Crippen LogP contribution in [0.25, 0.3) is 21.7 Å². The maximum atomic E-state index is 6.08. The first kappa shape index (κ1) is 11.5. The van der Waals surface area contributed by atoms with Crippen molar-refractivity contribution in [2.24, 2.45) is 0 Å². The van der Waals surface area contributed by atoms with E-state index in [1.165, 1.54) is 16.3 Å². The third-order valence-electron chi connectivity index (χ3n) is 3.34. The summed E-state index contributed by atoms with van der Waals surface area (Å²) in [5.41, 5.74) is 2.35. The van der Waals surface area contributed by atoms with E-state index < -0.39 is 0 Å². The maximum absolute atomic E-state index is 6.08. The van der Waals surface area contributed by atoms with Crippen LogP contribution in [-0.4, -0.2) is 4.98 Å². The molecule has 90 valence electrons. The van der Waals surface area contributed by atoms with Crippen molar-refractivity contribution in [1.82, 2.24) is 4.98 Å². The Morgan fingerprint density at radius 3 is 2.61 bits per heavy atom. The molecule has 0 radical (unpaired) electrons. The van der Waals surface area contributed by atoms with E-state index in [0.717, 1.165) is 15.9 Å². The minimum atomic E-state index is 0.520. The van der Waals surface area contributed by atoms with Crippen molar-refractivity contribution < 1.29 is 0 Å². The summed E-state index contributed by atoms with van der Waals surface area (Å²) in [6.07, 6.45) is 1.91. The summed E-state index contributed by atoms with van der Waals surface area (Å²) in [7, 11) is 0. The van der Waals surface area contributed by atoms with Gasteiger partial charge in [-0.3, -0.25) is 4.98 Å². The van der Waals surface area contributed by atoms with Crippen molar-refractivity contribution in [3.63, 3.8) is 0 Å². The molecular weight excluding hydrogens is 242 g/mol. The number of halogens is 1. The summed E-state index contributed by atoms with van der Waals surface area (Å²) in [6, 6.07) is 12.4. The highest BCUT2D eigenvalue weighted by Gasteiger charge is 2.05. The summed E-state index contributed by atoms with van der Waals surface area (Å²) in [5, 5.41) is 4.23. The third kappa shape index (κ3) is 1.85. The van der Waals surface area contributed by atoms with Gasteiger partial charge in [0.2, 0.25) is 0 Å². The fraction of sp³-hybridized carbons (Fsp3) is 0.188. The van der Waals surface area contributed by atoms with Crippen molar-refractivity contribution in [3.8, 4) is 0 Å². The SMILES string of the molecule is CC(C)c1ccc2c(c1)ncc1ccc(Cl)cc12. The van der Waals surface area contributed by atoms with Gasteiger partial charge >= 0.3 is 0 Å². The van der Waals surface area contributed by atoms with Gasteiger partial charge in [-0.2, -0.15) is 0 Å². The molecule has 3 rings (SSSR count). The van der Waals surface area contributed by atoms with Crippen LogP contribution in [0.3, 0.4) is 0 Å². The molecule has 1 aromatic heterocycles. The van der Waals surface area contributed by atoms with E-state index in [-0.39, 0.29) is 0 Å². The lowest BCUT2D eigenvalue weighted by atomic mass is 9.99. The minimum Gasteiger partial charge on any atom is -0.256 e. The van der Waals surface area contributed by atoms with E-state index in [1.807, 2.05) is 24.4 Å². The van der Waals surface area contributed by atoms with E-state index in [1.54, 1.807) is 0 Å². The molecule has 0 saturated carbocycles. The largest absolute Gasteiger partial charge is 0.256 e. The van der Waals surface area contributed by atoms with Gasteiger partial charge in [-0.15, -0.1) is 0 Å². The lowest BCUT2D eigenvalue weighted by Crippen LogP contribution is -1.89. The van der Waals surface area contributed by atoms with Crippen LogP contribution in [0.5, 0.6) is 0 Å². The topological polar surface area (TPSA) is 12.9 Å². The summed E-state index contributed by atoms with van der Waals surface area (Å²) in [5.74, 6) is 0.520. The fourth-order valence-corrected chi connectivity index (χ4v) is 2.43. The normalized spacial score (nSPS) is 11.6. The molecule has 0 aliphatic rings. The fourth-order valence-electron chi connectivity index (χ4n) is 2.26. The number of pyridine rings is 1. The number of hydrogen-bond acceptors (Lipinski definition) is 1. The molecule has 0 atom stereocenters. The first-order valence-electron chi connectivity index (χ1n) is 6.13. The number of aromatic nitrogens is 1. The second kappa shape index (κ2) is 4.25. The molecular formula is C16H14ClN. The molecule has 0 N–H and O–H groups in total. The average molecular weight is 256 g/mol. The quantitative estimate of drug-likeness (QED) is 0.547. The van der Waals surface area contributed by atoms with Crippen LogP contribution in [0.2, 0.25) is 5.02 Å². The highest BCUT2D eigenvalue weighted by atomic mass is 35.5. The second-order valence-electron chi connectivity index (χ2n) is 4.92. The van der Waals surface area contributed by atoms with Gasteiger partial charge in [-0.1, -0.05) is 43.6 Å². The standard InChI is InChI=1S/C16H14ClN/c1-10(2)11-4-6-14-15-8-13(17)5-3-12(15)9-18-16(14)7-11/h3-10H,1-2H3. The number of rotatable bonds is 1. The van der Waals surface area contributed by atoms with Gasteiger partial charge in [0, 0.05) is 22.0 Å². The molecule has 0 spiro atoms. The maximum Gasteiger partial charge on any atom is 0.0711 e. The zero-order valence-corrected chi connectivity index (χ0v) is 11.2. The Labute approximate surface area is 111 Å². The predicted molar refractivity (Wildman–Crippen MR) is 78.3 cm³/mol. The highest BCUT2D eigenvalue weighted by molar-refractivity contribution is 6.31. The lowest BCUT2D eigenvalue weighted by molar-refractivity contribution is 0.868. The van der Waals surface area contributed by atoms with Gasteiger partial charge in [0.15, 0.2) is 0 Å². The van der Waals surface area contributed by atoms with Gasteiger partial charge in [0.05, 0.1) is 5.52 Å². The van der Waals surface area contributed by atoms with Gasteiger partial charge in [-0.05, 0) is 35.1 Å². The lowest BCUT2D eigenvalue weighted by Gasteiger charge is -2.08. The molecule has 1 nitrogen and oxygen atoms in total. The van der Waals surface area contributed by atoms with Crippen molar-refractivity contribution in [2.45, 2.75) is 19.8 Å². The highest BCUT2D eigenvalue weighted by Crippen LogP contribution is 2.28. The monoisotopic (exact) mass is 255 g/mol. The molecule has 1 heterocycles. The Bertz CT molecular complexity index is 732. The van der Waals surface area contributed by atoms with Gasteiger partial charge in [-0.25, -0.2) is 0 Å². The first-order valence-corrected chi connectivity index (χ1v) is 6.51. The Morgan fingerprint density at radius 2 is 1.83 bits per heavy atom. The minimum absolute atomic E-state index is 0.520. The zero-order chi connectivity index (χ0) is 12.7. The average Bonchev–Trinajstić information content (AvgIpc) is 2.37. The molecule has 18 heavy (non-hydrogen) atoms. The van der Waals surface area contributed by atoms with Gasteiger partial charge in [0.25, 0.3) is 0 Å². The molecule has 0 saturated heterocycles. The molecule has 0 fully saturated rings. The molecule has 2 heteroatoms. The Morgan fingerprint density at radius 1 is 1.00 bits per heavy atom. The molecule has 0 unspecified atom stereocenters. The number of benzene rings is 2. The summed E-state index contributed by atoms with van der Waals surface area (Å²) < 4.78 is 0. The van der Waals surface area contributed by atoms with Crippen LogP contribution in [0.1, 0.15) is 25.3 Å². The van der Waals surface area contributed by atoms with Crippen molar-refractivity contribution in [1.29, 1.82) is 0 Å². The third-order valence-corrected chi connectivity index (χ3v) is 3.57. The summed E-state index contributed by atoms with van der Waals surface area (Å²) in [6.45, 7) is 4.39. The Balaban J connectivity index is 2.37. The Kier molecular flexibility index (Phi) is 2.71. The van der Waals surface area contributed by atoms with E-state index in [9.17, 15) is 0 Å². The van der Waals surface area contributed by atoms with Crippen LogP contribution >= 0.6 is 11.6 Å². The van der Waals surface area contributed by atoms with E-state index >= 15 is 0 Å². The molecule has 0 bridgehead atoms. The van der Waals surface area contributed by atoms with E-state index in [4.69, 9.17) is 11.6 Å². The van der Waals surface area contributed by atoms with Crippen LogP contribution in [0.4, 0.5) is 0 Å². The first-order chi connectivity index (χ1) is 8.65. The van der Waals surface area contributed by atoms with Crippen molar-refractivity contribution in [3.05, 3.63) is 53.2 Å². The summed E-state index contributed by atoms with van der Waals surface area (Å²) >= 11 is 6.08. The number of nitrogens with zero attached hydrogens (tertiary/aromatic N) is 1. The molecule has 2 aromatic carbocycles. The molecule has 0 amide bonds. The van der Waals surface area contributed by atoms with Crippen LogP contribution in [-0.2, 0) is 0 Å². The van der Waals surface area contributed by atoms with Gasteiger partial charge in [0.1, 0.15) is 0 Å². The molecule has 0 aliphatic heterocycles. The Hall–Kier alpha value is -1.60. The molecule has 3 aromatic rings. The van der Waals surface area contributed by atoms with Crippen LogP contribution in [0.15, 0.2) is 42.6 Å². The number of fused-ring (bicyclic) bond motifs is 3. The zero-order valence-electron chi connectivity index (χ0n) is 10.4. The van der Waals surface area contributed by atoms with Crippen molar-refractivity contribution in [2.75, 3.05) is 0 Å². The van der Waals surface area contributed by atoms with Crippen LogP contribution in [0, 0.1) is 0 Å². The smallest absolute Gasteiger partial charge is 0.0711 e. The second-order valence-corrected chi connectivity index (χ2v) is 5.36. The van der Waals surface area contributed by atoms with Gasteiger partial charge < -0.3 is 0 Å². The van der Waals surface area contributed by atoms with E-state index in [0.29, 0.717) is 5.92 Å². The van der Waals surface area contributed by atoms with Crippen molar-refractivity contribution >= 4 is 33.3 Å². The van der Waals surface area contributed by atoms with E-state index in [2.05, 4.69) is 37.0 Å². The predicted octanol–water partition coefficient (Wildman–Crippen LogP) is 5.16. The van der Waals surface area contributed by atoms with Crippen LogP contribution < -0.4 is 0 Å².